The van der Waals surface area contributed by atoms with Gasteiger partial charge in [0.25, 0.3) is 0 Å². The number of hydrogen-bond donors (Lipinski definition) is 1. The van der Waals surface area contributed by atoms with E-state index in [0.717, 1.165) is 41.8 Å². The molecule has 0 bridgehead atoms. The molecule has 4 aromatic rings. The molecular weight excluding hydrogens is 445 g/mol. The summed E-state index contributed by atoms with van der Waals surface area (Å²) in [7, 11) is 0. The average molecular weight is 468 g/mol. The van der Waals surface area contributed by atoms with E-state index < -0.39 is 11.7 Å². The quantitative estimate of drug-likeness (QED) is 0.370. The number of hydrogen-bond acceptors (Lipinski definition) is 7. The van der Waals surface area contributed by atoms with Crippen molar-refractivity contribution >= 4 is 17.0 Å². The predicted octanol–water partition coefficient (Wildman–Crippen LogP) is 5.41. The van der Waals surface area contributed by atoms with Crippen molar-refractivity contribution in [2.45, 2.75) is 39.3 Å². The van der Waals surface area contributed by atoms with E-state index in [0.29, 0.717) is 35.7 Å². The van der Waals surface area contributed by atoms with Crippen molar-refractivity contribution in [2.24, 2.45) is 0 Å². The highest BCUT2D eigenvalue weighted by atomic mass is 19.4. The topological polar surface area (TPSA) is 85.7 Å². The van der Waals surface area contributed by atoms with Gasteiger partial charge in [0.2, 0.25) is 5.88 Å². The van der Waals surface area contributed by atoms with Crippen LogP contribution in [0.5, 0.6) is 11.6 Å². The Balaban J connectivity index is 1.50. The van der Waals surface area contributed by atoms with E-state index in [1.165, 1.54) is 12.4 Å². The van der Waals surface area contributed by atoms with Crippen LogP contribution in [0.15, 0.2) is 49.2 Å². The molecule has 0 fully saturated rings. The maximum atomic E-state index is 12.8. The van der Waals surface area contributed by atoms with Crippen molar-refractivity contribution in [3.05, 3.63) is 71.4 Å². The third-order valence-electron chi connectivity index (χ3n) is 5.38. The van der Waals surface area contributed by atoms with Gasteiger partial charge in [0.05, 0.1) is 5.56 Å². The summed E-state index contributed by atoms with van der Waals surface area (Å²) in [5.74, 6) is 1.34. The first-order valence-electron chi connectivity index (χ1n) is 10.9. The summed E-state index contributed by atoms with van der Waals surface area (Å²) in [6.45, 7) is 4.67. The van der Waals surface area contributed by atoms with Crippen molar-refractivity contribution in [1.82, 2.24) is 24.9 Å². The predicted molar refractivity (Wildman–Crippen MR) is 122 cm³/mol. The summed E-state index contributed by atoms with van der Waals surface area (Å²) < 4.78 is 44.2. The first-order valence-corrected chi connectivity index (χ1v) is 10.9. The molecule has 7 nitrogen and oxygen atoms in total. The molecule has 0 radical (unpaired) electrons. The van der Waals surface area contributed by atoms with Crippen molar-refractivity contribution in [2.75, 3.05) is 11.9 Å². The lowest BCUT2D eigenvalue weighted by atomic mass is 9.97. The molecule has 1 aromatic carbocycles. The number of benzene rings is 1. The number of rotatable bonds is 8. The number of anilines is 1. The number of fused-ring (bicyclic) bond motifs is 1. The summed E-state index contributed by atoms with van der Waals surface area (Å²) in [4.78, 5) is 20.7. The van der Waals surface area contributed by atoms with Crippen LogP contribution in [0.1, 0.15) is 36.1 Å². The first-order chi connectivity index (χ1) is 16.4. The fraction of sp³-hybridized carbons (Fsp3) is 0.292. The molecule has 10 heteroatoms. The van der Waals surface area contributed by atoms with Gasteiger partial charge in [-0.15, -0.1) is 0 Å². The lowest BCUT2D eigenvalue weighted by Gasteiger charge is -2.16. The van der Waals surface area contributed by atoms with Crippen LogP contribution >= 0.6 is 0 Å². The molecule has 4 rings (SSSR count). The van der Waals surface area contributed by atoms with E-state index in [1.807, 2.05) is 19.9 Å². The van der Waals surface area contributed by atoms with Gasteiger partial charge in [-0.3, -0.25) is 0 Å². The van der Waals surface area contributed by atoms with E-state index in [4.69, 9.17) is 4.74 Å². The minimum Gasteiger partial charge on any atom is -0.439 e. The lowest BCUT2D eigenvalue weighted by molar-refractivity contribution is -0.137. The third-order valence-corrected chi connectivity index (χ3v) is 5.38. The number of aromatic nitrogens is 5. The fourth-order valence-corrected chi connectivity index (χ4v) is 3.61. The monoisotopic (exact) mass is 468 g/mol. The van der Waals surface area contributed by atoms with Gasteiger partial charge in [0.1, 0.15) is 17.6 Å². The molecule has 1 N–H and O–H groups in total. The standard InChI is InChI=1S/C24H23F3N6O/c1-3-15-12-19(34-20-6-5-18(13-31-20)24(25,26)27)16(4-2)11-17(15)7-8-29-22-21-23(33-14-32-22)30-10-9-28-21/h5-6,9-14H,3-4,7-8H2,1-2H3,(H,29,30,32,33). The van der Waals surface area contributed by atoms with E-state index in [1.54, 1.807) is 12.4 Å². The Morgan fingerprint density at radius 3 is 2.38 bits per heavy atom. The molecule has 0 spiro atoms. The summed E-state index contributed by atoms with van der Waals surface area (Å²) in [6.07, 6.45) is 3.20. The van der Waals surface area contributed by atoms with Crippen molar-refractivity contribution in [3.63, 3.8) is 0 Å². The summed E-state index contributed by atoms with van der Waals surface area (Å²) >= 11 is 0. The molecule has 0 atom stereocenters. The highest BCUT2D eigenvalue weighted by Gasteiger charge is 2.30. The van der Waals surface area contributed by atoms with Crippen LogP contribution in [-0.2, 0) is 25.4 Å². The van der Waals surface area contributed by atoms with E-state index >= 15 is 0 Å². The normalized spacial score (nSPS) is 11.6. The van der Waals surface area contributed by atoms with E-state index in [2.05, 4.69) is 36.3 Å². The molecular formula is C24H23F3N6O. The second kappa shape index (κ2) is 9.98. The van der Waals surface area contributed by atoms with Gasteiger partial charge in [-0.25, -0.2) is 24.9 Å². The highest BCUT2D eigenvalue weighted by molar-refractivity contribution is 5.81. The number of halogens is 3. The van der Waals surface area contributed by atoms with Crippen LogP contribution in [0.2, 0.25) is 0 Å². The number of ether oxygens (including phenoxy) is 1. The van der Waals surface area contributed by atoms with E-state index in [9.17, 15) is 13.2 Å². The average Bonchev–Trinajstić information content (AvgIpc) is 2.84. The van der Waals surface area contributed by atoms with Gasteiger partial charge in [-0.2, -0.15) is 13.2 Å². The van der Waals surface area contributed by atoms with Gasteiger partial charge in [-0.05, 0) is 48.1 Å². The van der Waals surface area contributed by atoms with Crippen LogP contribution in [-0.4, -0.2) is 31.5 Å². The lowest BCUT2D eigenvalue weighted by Crippen LogP contribution is -2.10. The Morgan fingerprint density at radius 2 is 1.68 bits per heavy atom. The van der Waals surface area contributed by atoms with Gasteiger partial charge >= 0.3 is 6.18 Å². The van der Waals surface area contributed by atoms with Crippen LogP contribution < -0.4 is 10.1 Å². The van der Waals surface area contributed by atoms with Crippen LogP contribution in [0.4, 0.5) is 19.0 Å². The Hall–Kier alpha value is -3.82. The number of alkyl halides is 3. The maximum Gasteiger partial charge on any atom is 0.417 e. The SMILES string of the molecule is CCc1cc(Oc2ccc(C(F)(F)F)cn2)c(CC)cc1CCNc1ncnc2nccnc12. The molecule has 0 aliphatic rings. The smallest absolute Gasteiger partial charge is 0.417 e. The Morgan fingerprint density at radius 1 is 0.882 bits per heavy atom. The minimum absolute atomic E-state index is 0.121. The van der Waals surface area contributed by atoms with Gasteiger partial charge in [0.15, 0.2) is 11.5 Å². The molecule has 0 aliphatic heterocycles. The molecule has 0 saturated heterocycles. The molecule has 0 aliphatic carbocycles. The zero-order chi connectivity index (χ0) is 24.1. The maximum absolute atomic E-state index is 12.8. The Kier molecular flexibility index (Phi) is 6.85. The van der Waals surface area contributed by atoms with Crippen LogP contribution in [0.3, 0.4) is 0 Å². The second-order valence-corrected chi connectivity index (χ2v) is 7.55. The summed E-state index contributed by atoms with van der Waals surface area (Å²) in [6, 6.07) is 6.23. The fourth-order valence-electron chi connectivity index (χ4n) is 3.61. The van der Waals surface area contributed by atoms with Crippen molar-refractivity contribution < 1.29 is 17.9 Å². The number of nitrogens with zero attached hydrogens (tertiary/aromatic N) is 5. The molecule has 0 amide bonds. The second-order valence-electron chi connectivity index (χ2n) is 7.55. The van der Waals surface area contributed by atoms with Crippen LogP contribution in [0.25, 0.3) is 11.2 Å². The molecule has 0 saturated carbocycles. The van der Waals surface area contributed by atoms with Crippen LogP contribution in [0, 0.1) is 0 Å². The number of aryl methyl sites for hydroxylation is 2. The number of pyridine rings is 1. The highest BCUT2D eigenvalue weighted by Crippen LogP contribution is 2.32. The van der Waals surface area contributed by atoms with Gasteiger partial charge in [0, 0.05) is 31.2 Å². The Bertz CT molecular complexity index is 1270. The Labute approximate surface area is 194 Å². The molecule has 3 heterocycles. The summed E-state index contributed by atoms with van der Waals surface area (Å²) in [5.41, 5.74) is 3.53. The van der Waals surface area contributed by atoms with Gasteiger partial charge in [-0.1, -0.05) is 19.9 Å². The number of nitrogens with one attached hydrogen (secondary N) is 1. The first kappa shape index (κ1) is 23.3. The third kappa shape index (κ3) is 5.22. The van der Waals surface area contributed by atoms with Crippen molar-refractivity contribution in [3.8, 4) is 11.6 Å². The largest absolute Gasteiger partial charge is 0.439 e. The van der Waals surface area contributed by atoms with Crippen molar-refractivity contribution in [1.29, 1.82) is 0 Å². The zero-order valence-electron chi connectivity index (χ0n) is 18.7. The zero-order valence-corrected chi connectivity index (χ0v) is 18.7. The molecule has 176 valence electrons. The summed E-state index contributed by atoms with van der Waals surface area (Å²) in [5, 5.41) is 3.31. The molecule has 34 heavy (non-hydrogen) atoms. The van der Waals surface area contributed by atoms with Gasteiger partial charge < -0.3 is 10.1 Å². The van der Waals surface area contributed by atoms with E-state index in [-0.39, 0.29) is 5.88 Å². The minimum atomic E-state index is -4.43. The molecule has 3 aromatic heterocycles. The molecule has 0 unspecified atom stereocenters.